The van der Waals surface area contributed by atoms with Gasteiger partial charge in [-0.1, -0.05) is 19.1 Å². The monoisotopic (exact) mass is 405 g/mol. The van der Waals surface area contributed by atoms with Gasteiger partial charge < -0.3 is 20.1 Å². The number of hydrogen-bond donors (Lipinski definition) is 2. The highest BCUT2D eigenvalue weighted by Crippen LogP contribution is 2.30. The van der Waals surface area contributed by atoms with Crippen LogP contribution in [-0.2, 0) is 0 Å². The second-order valence-electron chi connectivity index (χ2n) is 4.90. The molecule has 1 aromatic carbocycles. The minimum Gasteiger partial charge on any atom is -0.486 e. The van der Waals surface area contributed by atoms with Crippen LogP contribution in [-0.4, -0.2) is 38.3 Å². The highest BCUT2D eigenvalue weighted by atomic mass is 127. The molecule has 5 nitrogen and oxygen atoms in total. The lowest BCUT2D eigenvalue weighted by Crippen LogP contribution is -2.47. The lowest BCUT2D eigenvalue weighted by atomic mass is 10.2. The molecular formula is C15H24IN3O2. The molecule has 1 aliphatic heterocycles. The number of halogens is 1. The topological polar surface area (TPSA) is 54.9 Å². The van der Waals surface area contributed by atoms with E-state index in [2.05, 4.69) is 29.5 Å². The fraction of sp³-hybridized carbons (Fsp3) is 0.533. The van der Waals surface area contributed by atoms with Crippen LogP contribution in [0.5, 0.6) is 11.5 Å². The van der Waals surface area contributed by atoms with E-state index >= 15 is 0 Å². The van der Waals surface area contributed by atoms with Gasteiger partial charge in [0.05, 0.1) is 6.54 Å². The van der Waals surface area contributed by atoms with Crippen molar-refractivity contribution in [1.82, 2.24) is 10.6 Å². The molecular weight excluding hydrogens is 381 g/mol. The molecule has 0 amide bonds. The van der Waals surface area contributed by atoms with Crippen molar-refractivity contribution in [3.8, 4) is 11.5 Å². The lowest BCUT2D eigenvalue weighted by Gasteiger charge is -2.27. The van der Waals surface area contributed by atoms with Crippen molar-refractivity contribution in [3.05, 3.63) is 24.3 Å². The predicted octanol–water partition coefficient (Wildman–Crippen LogP) is 2.41. The molecule has 0 aliphatic carbocycles. The maximum atomic E-state index is 5.89. The Hall–Kier alpha value is -1.18. The Balaban J connectivity index is 0.00000220. The number of nitrogens with one attached hydrogen (secondary N) is 2. The summed E-state index contributed by atoms with van der Waals surface area (Å²) < 4.78 is 11.6. The summed E-state index contributed by atoms with van der Waals surface area (Å²) in [5.74, 6) is 2.41. The average Bonchev–Trinajstić information content (AvgIpc) is 2.50. The van der Waals surface area contributed by atoms with Crippen LogP contribution >= 0.6 is 24.0 Å². The molecule has 1 heterocycles. The van der Waals surface area contributed by atoms with Gasteiger partial charge in [-0.05, 0) is 25.5 Å². The molecule has 0 saturated carbocycles. The van der Waals surface area contributed by atoms with Gasteiger partial charge in [-0.25, -0.2) is 0 Å². The smallest absolute Gasteiger partial charge is 0.191 e. The Morgan fingerprint density at radius 3 is 2.76 bits per heavy atom. The fourth-order valence-corrected chi connectivity index (χ4v) is 1.90. The Bertz CT molecular complexity index is 468. The van der Waals surface area contributed by atoms with Crippen LogP contribution in [0.4, 0.5) is 0 Å². The van der Waals surface area contributed by atoms with Crippen molar-refractivity contribution < 1.29 is 9.47 Å². The first-order valence-electron chi connectivity index (χ1n) is 7.08. The van der Waals surface area contributed by atoms with Crippen LogP contribution in [0.1, 0.15) is 20.3 Å². The second kappa shape index (κ2) is 8.96. The van der Waals surface area contributed by atoms with Crippen molar-refractivity contribution in [1.29, 1.82) is 0 Å². The van der Waals surface area contributed by atoms with Gasteiger partial charge in [0.15, 0.2) is 17.5 Å². The summed E-state index contributed by atoms with van der Waals surface area (Å²) in [6, 6.07) is 8.13. The van der Waals surface area contributed by atoms with E-state index in [0.717, 1.165) is 23.9 Å². The van der Waals surface area contributed by atoms with Crippen molar-refractivity contribution in [3.63, 3.8) is 0 Å². The van der Waals surface area contributed by atoms with Crippen LogP contribution < -0.4 is 20.1 Å². The van der Waals surface area contributed by atoms with E-state index in [4.69, 9.17) is 9.47 Å². The largest absolute Gasteiger partial charge is 0.486 e. The van der Waals surface area contributed by atoms with Gasteiger partial charge in [0.2, 0.25) is 0 Å². The summed E-state index contributed by atoms with van der Waals surface area (Å²) >= 11 is 0. The van der Waals surface area contributed by atoms with Crippen molar-refractivity contribution in [2.24, 2.45) is 4.99 Å². The first kappa shape index (κ1) is 17.9. The van der Waals surface area contributed by atoms with Gasteiger partial charge in [0, 0.05) is 13.1 Å². The zero-order chi connectivity index (χ0) is 14.4. The minimum atomic E-state index is -0.0135. The summed E-state index contributed by atoms with van der Waals surface area (Å²) in [6.45, 7) is 5.47. The molecule has 0 saturated heterocycles. The van der Waals surface area contributed by atoms with Gasteiger partial charge in [0.25, 0.3) is 0 Å². The summed E-state index contributed by atoms with van der Waals surface area (Å²) in [6.07, 6.45) is 1.04. The van der Waals surface area contributed by atoms with E-state index in [1.807, 2.05) is 24.3 Å². The Morgan fingerprint density at radius 1 is 1.38 bits per heavy atom. The van der Waals surface area contributed by atoms with E-state index in [0.29, 0.717) is 19.2 Å². The van der Waals surface area contributed by atoms with E-state index in [1.165, 1.54) is 0 Å². The van der Waals surface area contributed by atoms with Crippen LogP contribution in [0.2, 0.25) is 0 Å². The van der Waals surface area contributed by atoms with Gasteiger partial charge >= 0.3 is 0 Å². The number of guanidine groups is 1. The molecule has 1 aromatic rings. The third-order valence-electron chi connectivity index (χ3n) is 3.28. The summed E-state index contributed by atoms with van der Waals surface area (Å²) in [5, 5.41) is 6.59. The molecule has 2 N–H and O–H groups in total. The molecule has 0 radical (unpaired) electrons. The van der Waals surface area contributed by atoms with Crippen LogP contribution in [0.25, 0.3) is 0 Å². The number of benzene rings is 1. The number of ether oxygens (including phenoxy) is 2. The van der Waals surface area contributed by atoms with Crippen LogP contribution in [0.15, 0.2) is 29.3 Å². The normalized spacial score (nSPS) is 18.4. The molecule has 0 bridgehead atoms. The van der Waals surface area contributed by atoms with Gasteiger partial charge in [-0.2, -0.15) is 0 Å². The van der Waals surface area contributed by atoms with E-state index in [9.17, 15) is 0 Å². The van der Waals surface area contributed by atoms with Crippen LogP contribution in [0, 0.1) is 0 Å². The number of nitrogens with zero attached hydrogens (tertiary/aromatic N) is 1. The average molecular weight is 405 g/mol. The summed E-state index contributed by atoms with van der Waals surface area (Å²) in [4.78, 5) is 4.20. The molecule has 2 atom stereocenters. The van der Waals surface area contributed by atoms with Gasteiger partial charge in [-0.3, -0.25) is 4.99 Å². The summed E-state index contributed by atoms with van der Waals surface area (Å²) in [7, 11) is 1.77. The highest BCUT2D eigenvalue weighted by Gasteiger charge is 2.20. The zero-order valence-corrected chi connectivity index (χ0v) is 15.1. The van der Waals surface area contributed by atoms with Crippen LogP contribution in [0.3, 0.4) is 0 Å². The summed E-state index contributed by atoms with van der Waals surface area (Å²) in [5.41, 5.74) is 0. The standard InChI is InChI=1S/C15H23N3O2.HI/c1-4-11(2)18-15(16-3)17-9-12-10-19-13-7-5-6-8-14(13)20-12;/h5-8,11-12H,4,9-10H2,1-3H3,(H2,16,17,18);1H. The first-order chi connectivity index (χ1) is 9.72. The molecule has 21 heavy (non-hydrogen) atoms. The third kappa shape index (κ3) is 5.26. The van der Waals surface area contributed by atoms with E-state index in [1.54, 1.807) is 7.05 Å². The Morgan fingerprint density at radius 2 is 2.10 bits per heavy atom. The quantitative estimate of drug-likeness (QED) is 0.459. The number of fused-ring (bicyclic) bond motifs is 1. The SMILES string of the molecule is CCC(C)NC(=NC)NCC1COc2ccccc2O1.I. The fourth-order valence-electron chi connectivity index (χ4n) is 1.90. The van der Waals surface area contributed by atoms with Crippen molar-refractivity contribution in [2.45, 2.75) is 32.4 Å². The van der Waals surface area contributed by atoms with Gasteiger partial charge in [0.1, 0.15) is 12.7 Å². The minimum absolute atomic E-state index is 0. The predicted molar refractivity (Wildman–Crippen MR) is 96.0 cm³/mol. The highest BCUT2D eigenvalue weighted by molar-refractivity contribution is 14.0. The molecule has 0 aromatic heterocycles. The molecule has 2 rings (SSSR count). The maximum absolute atomic E-state index is 5.89. The van der Waals surface area contributed by atoms with E-state index in [-0.39, 0.29) is 30.1 Å². The number of aliphatic imine (C=N–C) groups is 1. The molecule has 2 unspecified atom stereocenters. The maximum Gasteiger partial charge on any atom is 0.191 e. The van der Waals surface area contributed by atoms with Gasteiger partial charge in [-0.15, -0.1) is 24.0 Å². The Labute approximate surface area is 143 Å². The second-order valence-corrected chi connectivity index (χ2v) is 4.90. The number of para-hydroxylation sites is 2. The third-order valence-corrected chi connectivity index (χ3v) is 3.28. The molecule has 0 spiro atoms. The molecule has 0 fully saturated rings. The zero-order valence-electron chi connectivity index (χ0n) is 12.8. The molecule has 6 heteroatoms. The number of rotatable bonds is 4. The lowest BCUT2D eigenvalue weighted by molar-refractivity contribution is 0.0936. The first-order valence-corrected chi connectivity index (χ1v) is 7.08. The van der Waals surface area contributed by atoms with E-state index < -0.39 is 0 Å². The van der Waals surface area contributed by atoms with Crippen molar-refractivity contribution in [2.75, 3.05) is 20.2 Å². The molecule has 118 valence electrons. The number of hydrogen-bond acceptors (Lipinski definition) is 3. The molecule has 1 aliphatic rings. The Kier molecular flexibility index (Phi) is 7.63. The van der Waals surface area contributed by atoms with Crippen molar-refractivity contribution >= 4 is 29.9 Å².